The van der Waals surface area contributed by atoms with Gasteiger partial charge >= 0.3 is 0 Å². The van der Waals surface area contributed by atoms with Crippen LogP contribution in [0, 0.1) is 0 Å². The fourth-order valence-electron chi connectivity index (χ4n) is 3.09. The highest BCUT2D eigenvalue weighted by atomic mass is 32.1. The average Bonchev–Trinajstić information content (AvgIpc) is 2.96. The summed E-state index contributed by atoms with van der Waals surface area (Å²) in [6.45, 7) is 4.53. The Morgan fingerprint density at radius 3 is 2.75 bits per heavy atom. The summed E-state index contributed by atoms with van der Waals surface area (Å²) in [5.74, 6) is 0. The molecule has 0 saturated heterocycles. The third-order valence-electron chi connectivity index (χ3n) is 4.29. The van der Waals surface area contributed by atoms with Gasteiger partial charge in [-0.1, -0.05) is 31.2 Å². The van der Waals surface area contributed by atoms with Crippen LogP contribution in [0.25, 0.3) is 0 Å². The van der Waals surface area contributed by atoms with Crippen molar-refractivity contribution in [3.8, 4) is 0 Å². The van der Waals surface area contributed by atoms with Gasteiger partial charge in [0.05, 0.1) is 0 Å². The van der Waals surface area contributed by atoms with Crippen LogP contribution >= 0.6 is 11.3 Å². The molecule has 2 aromatic rings. The van der Waals surface area contributed by atoms with E-state index in [2.05, 4.69) is 55.6 Å². The molecule has 0 amide bonds. The third kappa shape index (κ3) is 2.97. The molecule has 0 saturated carbocycles. The second-order valence-corrected chi connectivity index (χ2v) is 6.95. The maximum atomic E-state index is 3.82. The van der Waals surface area contributed by atoms with Crippen molar-refractivity contribution in [3.05, 3.63) is 57.3 Å². The number of thiophene rings is 1. The predicted octanol–water partition coefficient (Wildman–Crippen LogP) is 4.52. The number of rotatable bonds is 4. The van der Waals surface area contributed by atoms with Crippen LogP contribution in [0.3, 0.4) is 0 Å². The van der Waals surface area contributed by atoms with Crippen LogP contribution < -0.4 is 5.32 Å². The molecule has 1 aromatic heterocycles. The average molecular weight is 285 g/mol. The van der Waals surface area contributed by atoms with Crippen LogP contribution in [0.15, 0.2) is 36.4 Å². The van der Waals surface area contributed by atoms with Crippen LogP contribution in [0.2, 0.25) is 0 Å². The maximum Gasteiger partial charge on any atom is 0.0388 e. The second-order valence-electron chi connectivity index (χ2n) is 5.75. The monoisotopic (exact) mass is 285 g/mol. The van der Waals surface area contributed by atoms with E-state index >= 15 is 0 Å². The smallest absolute Gasteiger partial charge is 0.0388 e. The Labute approximate surface area is 126 Å². The van der Waals surface area contributed by atoms with Crippen molar-refractivity contribution < 1.29 is 0 Å². The van der Waals surface area contributed by atoms with Crippen LogP contribution in [-0.4, -0.2) is 6.04 Å². The molecule has 20 heavy (non-hydrogen) atoms. The van der Waals surface area contributed by atoms with Gasteiger partial charge in [0.1, 0.15) is 0 Å². The van der Waals surface area contributed by atoms with Gasteiger partial charge in [-0.15, -0.1) is 11.3 Å². The van der Waals surface area contributed by atoms with Gasteiger partial charge in [-0.2, -0.15) is 0 Å². The Hall–Kier alpha value is -1.12. The minimum Gasteiger partial charge on any atom is -0.306 e. The molecule has 0 radical (unpaired) electrons. The molecule has 2 unspecified atom stereocenters. The molecule has 0 aliphatic heterocycles. The molecule has 1 nitrogen and oxygen atoms in total. The molecule has 2 atom stereocenters. The minimum atomic E-state index is 0.468. The van der Waals surface area contributed by atoms with E-state index < -0.39 is 0 Å². The zero-order chi connectivity index (χ0) is 13.9. The summed E-state index contributed by atoms with van der Waals surface area (Å²) in [4.78, 5) is 2.96. The van der Waals surface area contributed by atoms with Crippen LogP contribution in [0.5, 0.6) is 0 Å². The molecule has 1 N–H and O–H groups in total. The zero-order valence-corrected chi connectivity index (χ0v) is 13.2. The van der Waals surface area contributed by atoms with E-state index in [0.29, 0.717) is 12.1 Å². The highest BCUT2D eigenvalue weighted by Crippen LogP contribution is 2.26. The topological polar surface area (TPSA) is 12.0 Å². The third-order valence-corrected chi connectivity index (χ3v) is 5.70. The Kier molecular flexibility index (Phi) is 4.23. The van der Waals surface area contributed by atoms with Gasteiger partial charge in [0.15, 0.2) is 0 Å². The Balaban J connectivity index is 1.64. The van der Waals surface area contributed by atoms with E-state index in [9.17, 15) is 0 Å². The summed E-state index contributed by atoms with van der Waals surface area (Å²) in [6, 6.07) is 14.5. The lowest BCUT2D eigenvalue weighted by Crippen LogP contribution is -2.36. The Bertz CT molecular complexity index is 572. The molecule has 2 heteroatoms. The van der Waals surface area contributed by atoms with Crippen molar-refractivity contribution in [2.45, 2.75) is 51.6 Å². The van der Waals surface area contributed by atoms with E-state index in [1.54, 1.807) is 5.56 Å². The van der Waals surface area contributed by atoms with E-state index in [0.717, 1.165) is 6.42 Å². The van der Waals surface area contributed by atoms with Crippen molar-refractivity contribution in [2.75, 3.05) is 0 Å². The molecule has 0 bridgehead atoms. The van der Waals surface area contributed by atoms with Crippen molar-refractivity contribution in [1.29, 1.82) is 0 Å². The second kappa shape index (κ2) is 6.11. The lowest BCUT2D eigenvalue weighted by Gasteiger charge is -2.28. The normalized spacial score (nSPS) is 19.6. The molecular weight excluding hydrogens is 262 g/mol. The molecule has 1 aliphatic carbocycles. The summed E-state index contributed by atoms with van der Waals surface area (Å²) in [5, 5.41) is 3.82. The molecule has 3 rings (SSSR count). The molecule has 0 spiro atoms. The van der Waals surface area contributed by atoms with Crippen molar-refractivity contribution in [2.24, 2.45) is 0 Å². The number of fused-ring (bicyclic) bond motifs is 1. The van der Waals surface area contributed by atoms with Crippen LogP contribution in [0.1, 0.15) is 47.2 Å². The lowest BCUT2D eigenvalue weighted by molar-refractivity contribution is 0.417. The number of benzene rings is 1. The summed E-state index contributed by atoms with van der Waals surface area (Å²) >= 11 is 1.95. The van der Waals surface area contributed by atoms with Gasteiger partial charge < -0.3 is 5.32 Å². The maximum absolute atomic E-state index is 3.82. The zero-order valence-electron chi connectivity index (χ0n) is 12.4. The van der Waals surface area contributed by atoms with E-state index in [-0.39, 0.29) is 0 Å². The highest BCUT2D eigenvalue weighted by Gasteiger charge is 2.20. The van der Waals surface area contributed by atoms with Gasteiger partial charge in [-0.3, -0.25) is 0 Å². The van der Waals surface area contributed by atoms with Gasteiger partial charge in [-0.05, 0) is 55.9 Å². The Morgan fingerprint density at radius 2 is 2.00 bits per heavy atom. The fourth-order valence-corrected chi connectivity index (χ4v) is 4.06. The summed E-state index contributed by atoms with van der Waals surface area (Å²) < 4.78 is 0. The van der Waals surface area contributed by atoms with Crippen LogP contribution in [0.4, 0.5) is 0 Å². The van der Waals surface area contributed by atoms with Gasteiger partial charge in [-0.25, -0.2) is 0 Å². The number of hydrogen-bond acceptors (Lipinski definition) is 2. The molecule has 1 aromatic carbocycles. The molecular formula is C18H23NS. The first-order chi connectivity index (χ1) is 9.76. The summed E-state index contributed by atoms with van der Waals surface area (Å²) in [5.41, 5.74) is 3.08. The number of aryl methyl sites for hydroxylation is 2. The first-order valence-corrected chi connectivity index (χ1v) is 8.49. The number of hydrogen-bond donors (Lipinski definition) is 1. The minimum absolute atomic E-state index is 0.468. The van der Waals surface area contributed by atoms with Gasteiger partial charge in [0.2, 0.25) is 0 Å². The number of nitrogens with one attached hydrogen (secondary N) is 1. The first kappa shape index (κ1) is 13.8. The summed E-state index contributed by atoms with van der Waals surface area (Å²) in [6.07, 6.45) is 4.79. The van der Waals surface area contributed by atoms with E-state index in [1.165, 1.54) is 34.6 Å². The highest BCUT2D eigenvalue weighted by molar-refractivity contribution is 7.12. The SMILES string of the molecule is CCc1ccc(C(C)NC2CCc3ccccc3C2)s1. The van der Waals surface area contributed by atoms with Crippen LogP contribution in [-0.2, 0) is 19.3 Å². The fraction of sp³-hybridized carbons (Fsp3) is 0.444. The van der Waals surface area contributed by atoms with Crippen molar-refractivity contribution >= 4 is 11.3 Å². The van der Waals surface area contributed by atoms with Gasteiger partial charge in [0, 0.05) is 21.8 Å². The quantitative estimate of drug-likeness (QED) is 0.871. The van der Waals surface area contributed by atoms with E-state index in [4.69, 9.17) is 0 Å². The molecule has 0 fully saturated rings. The lowest BCUT2D eigenvalue weighted by atomic mass is 9.88. The van der Waals surface area contributed by atoms with Gasteiger partial charge in [0.25, 0.3) is 0 Å². The predicted molar refractivity (Wildman–Crippen MR) is 87.5 cm³/mol. The van der Waals surface area contributed by atoms with Crippen molar-refractivity contribution in [1.82, 2.24) is 5.32 Å². The summed E-state index contributed by atoms with van der Waals surface area (Å²) in [7, 11) is 0. The molecule has 1 aliphatic rings. The molecule has 106 valence electrons. The largest absolute Gasteiger partial charge is 0.306 e. The molecule has 1 heterocycles. The first-order valence-electron chi connectivity index (χ1n) is 7.67. The standard InChI is InChI=1S/C18H23NS/c1-3-17-10-11-18(20-17)13(2)19-16-9-8-14-6-4-5-7-15(14)12-16/h4-7,10-11,13,16,19H,3,8-9,12H2,1-2H3. The van der Waals surface area contributed by atoms with E-state index in [1.807, 2.05) is 11.3 Å². The van der Waals surface area contributed by atoms with Crippen molar-refractivity contribution in [3.63, 3.8) is 0 Å². The Morgan fingerprint density at radius 1 is 1.20 bits per heavy atom.